The van der Waals surface area contributed by atoms with Crippen LogP contribution in [0.15, 0.2) is 24.3 Å². The molecule has 20 heavy (non-hydrogen) atoms. The first-order chi connectivity index (χ1) is 9.83. The maximum Gasteiger partial charge on any atom is 0.237 e. The first-order valence-corrected chi connectivity index (χ1v) is 6.67. The quantitative estimate of drug-likeness (QED) is 0.740. The number of tetrazole rings is 1. The molecule has 1 aliphatic rings. The van der Waals surface area contributed by atoms with E-state index in [-0.39, 0.29) is 11.9 Å². The molecule has 3 rings (SSSR count). The van der Waals surface area contributed by atoms with E-state index in [4.69, 9.17) is 0 Å². The fraction of sp³-hybridized carbons (Fsp3) is 0.385. The summed E-state index contributed by atoms with van der Waals surface area (Å²) in [6.07, 6.45) is 1.99. The molecule has 0 bridgehead atoms. The second-order valence-corrected chi connectivity index (χ2v) is 4.80. The molecule has 7 heteroatoms. The highest BCUT2D eigenvalue weighted by Crippen LogP contribution is 2.14. The lowest BCUT2D eigenvalue weighted by Gasteiger charge is -2.11. The van der Waals surface area contributed by atoms with E-state index in [1.165, 1.54) is 0 Å². The van der Waals surface area contributed by atoms with Gasteiger partial charge in [-0.1, -0.05) is 24.3 Å². The van der Waals surface area contributed by atoms with Gasteiger partial charge in [0.1, 0.15) is 0 Å². The second kappa shape index (κ2) is 5.79. The molecule has 1 atom stereocenters. The van der Waals surface area contributed by atoms with Crippen LogP contribution in [0.2, 0.25) is 0 Å². The molecule has 1 aliphatic heterocycles. The molecular weight excluding hydrogens is 256 g/mol. The second-order valence-electron chi connectivity index (χ2n) is 4.80. The monoisotopic (exact) mass is 272 g/mol. The van der Waals surface area contributed by atoms with Crippen molar-refractivity contribution in [3.8, 4) is 11.4 Å². The SMILES string of the molecule is O=C(NCc1ccc(-c2nn[nH]n2)cc1)C1CCCN1. The highest BCUT2D eigenvalue weighted by Gasteiger charge is 2.21. The van der Waals surface area contributed by atoms with Gasteiger partial charge in [-0.15, -0.1) is 10.2 Å². The minimum Gasteiger partial charge on any atom is -0.351 e. The van der Waals surface area contributed by atoms with Crippen molar-refractivity contribution >= 4 is 5.91 Å². The van der Waals surface area contributed by atoms with Crippen LogP contribution in [-0.4, -0.2) is 39.1 Å². The average molecular weight is 272 g/mol. The third-order valence-electron chi connectivity index (χ3n) is 3.40. The number of hydrogen-bond donors (Lipinski definition) is 3. The maximum atomic E-state index is 11.9. The molecule has 1 aromatic heterocycles. The fourth-order valence-electron chi connectivity index (χ4n) is 2.28. The lowest BCUT2D eigenvalue weighted by Crippen LogP contribution is -2.39. The molecule has 0 saturated carbocycles. The molecule has 1 aromatic carbocycles. The summed E-state index contributed by atoms with van der Waals surface area (Å²) in [6.45, 7) is 1.46. The Labute approximate surface area is 116 Å². The molecule has 2 aromatic rings. The molecule has 0 aliphatic carbocycles. The van der Waals surface area contributed by atoms with Gasteiger partial charge in [-0.2, -0.15) is 5.21 Å². The fourth-order valence-corrected chi connectivity index (χ4v) is 2.28. The van der Waals surface area contributed by atoms with Gasteiger partial charge >= 0.3 is 0 Å². The maximum absolute atomic E-state index is 11.9. The van der Waals surface area contributed by atoms with E-state index in [1.54, 1.807) is 0 Å². The van der Waals surface area contributed by atoms with Gasteiger partial charge in [0.15, 0.2) is 0 Å². The van der Waals surface area contributed by atoms with Gasteiger partial charge < -0.3 is 10.6 Å². The van der Waals surface area contributed by atoms with E-state index in [0.29, 0.717) is 12.4 Å². The number of benzene rings is 1. The van der Waals surface area contributed by atoms with Gasteiger partial charge in [-0.3, -0.25) is 4.79 Å². The van der Waals surface area contributed by atoms with Gasteiger partial charge in [0.05, 0.1) is 6.04 Å². The topological polar surface area (TPSA) is 95.6 Å². The molecule has 1 saturated heterocycles. The normalized spacial score (nSPS) is 18.1. The van der Waals surface area contributed by atoms with Crippen molar-refractivity contribution < 1.29 is 4.79 Å². The van der Waals surface area contributed by atoms with Gasteiger partial charge in [-0.05, 0) is 30.2 Å². The summed E-state index contributed by atoms with van der Waals surface area (Å²) in [7, 11) is 0. The minimum atomic E-state index is -0.0337. The lowest BCUT2D eigenvalue weighted by molar-refractivity contribution is -0.122. The van der Waals surface area contributed by atoms with Gasteiger partial charge in [-0.25, -0.2) is 0 Å². The van der Waals surface area contributed by atoms with Crippen molar-refractivity contribution in [1.29, 1.82) is 0 Å². The molecule has 0 spiro atoms. The predicted molar refractivity (Wildman–Crippen MR) is 72.5 cm³/mol. The number of rotatable bonds is 4. The zero-order chi connectivity index (χ0) is 13.8. The van der Waals surface area contributed by atoms with Crippen LogP contribution in [-0.2, 0) is 11.3 Å². The number of amides is 1. The largest absolute Gasteiger partial charge is 0.351 e. The van der Waals surface area contributed by atoms with Crippen LogP contribution in [0.4, 0.5) is 0 Å². The standard InChI is InChI=1S/C13H16N6O/c20-13(11-2-1-7-14-11)15-8-9-3-5-10(6-4-9)12-16-18-19-17-12/h3-6,11,14H,1-2,7-8H2,(H,15,20)(H,16,17,18,19). The molecule has 2 heterocycles. The summed E-state index contributed by atoms with van der Waals surface area (Å²) in [4.78, 5) is 11.9. The zero-order valence-electron chi connectivity index (χ0n) is 11.0. The molecular formula is C13H16N6O. The van der Waals surface area contributed by atoms with Crippen molar-refractivity contribution in [3.63, 3.8) is 0 Å². The zero-order valence-corrected chi connectivity index (χ0v) is 11.0. The molecule has 3 N–H and O–H groups in total. The molecule has 1 unspecified atom stereocenters. The van der Waals surface area contributed by atoms with Crippen LogP contribution in [0.5, 0.6) is 0 Å². The first-order valence-electron chi connectivity index (χ1n) is 6.67. The Morgan fingerprint density at radius 1 is 1.35 bits per heavy atom. The Balaban J connectivity index is 1.57. The summed E-state index contributed by atoms with van der Waals surface area (Å²) >= 11 is 0. The number of hydrogen-bond acceptors (Lipinski definition) is 5. The van der Waals surface area contributed by atoms with Gasteiger partial charge in [0.2, 0.25) is 11.7 Å². The number of nitrogens with zero attached hydrogens (tertiary/aromatic N) is 3. The Hall–Kier alpha value is -2.28. The summed E-state index contributed by atoms with van der Waals surface area (Å²) < 4.78 is 0. The lowest BCUT2D eigenvalue weighted by atomic mass is 10.1. The highest BCUT2D eigenvalue weighted by atomic mass is 16.2. The molecule has 1 fully saturated rings. The summed E-state index contributed by atoms with van der Waals surface area (Å²) in [5.74, 6) is 0.639. The van der Waals surface area contributed by atoms with Crippen molar-refractivity contribution in [1.82, 2.24) is 31.3 Å². The minimum absolute atomic E-state index is 0.0337. The number of aromatic nitrogens is 4. The van der Waals surface area contributed by atoms with E-state index in [2.05, 4.69) is 31.3 Å². The number of carbonyl (C=O) groups excluding carboxylic acids is 1. The van der Waals surface area contributed by atoms with Crippen LogP contribution in [0, 0.1) is 0 Å². The van der Waals surface area contributed by atoms with Crippen molar-refractivity contribution in [2.45, 2.75) is 25.4 Å². The van der Waals surface area contributed by atoms with Crippen molar-refractivity contribution in [2.75, 3.05) is 6.54 Å². The molecule has 1 amide bonds. The van der Waals surface area contributed by atoms with Gasteiger partial charge in [0, 0.05) is 12.1 Å². The summed E-state index contributed by atoms with van der Waals surface area (Å²) in [6, 6.07) is 7.70. The number of nitrogens with one attached hydrogen (secondary N) is 3. The number of aromatic amines is 1. The third-order valence-corrected chi connectivity index (χ3v) is 3.40. The molecule has 7 nitrogen and oxygen atoms in total. The van der Waals surface area contributed by atoms with Crippen LogP contribution in [0.25, 0.3) is 11.4 Å². The first kappa shape index (κ1) is 12.7. The van der Waals surface area contributed by atoms with Crippen LogP contribution < -0.4 is 10.6 Å². The van der Waals surface area contributed by atoms with E-state index < -0.39 is 0 Å². The van der Waals surface area contributed by atoms with E-state index in [9.17, 15) is 4.79 Å². The smallest absolute Gasteiger partial charge is 0.237 e. The van der Waals surface area contributed by atoms with Gasteiger partial charge in [0.25, 0.3) is 0 Å². The van der Waals surface area contributed by atoms with Crippen LogP contribution in [0.1, 0.15) is 18.4 Å². The average Bonchev–Trinajstić information content (AvgIpc) is 3.18. The molecule has 0 radical (unpaired) electrons. The van der Waals surface area contributed by atoms with Crippen LogP contribution >= 0.6 is 0 Å². The Kier molecular flexibility index (Phi) is 3.69. The van der Waals surface area contributed by atoms with E-state index >= 15 is 0 Å². The predicted octanol–water partition coefficient (Wildman–Crippen LogP) is 0.235. The van der Waals surface area contributed by atoms with Crippen molar-refractivity contribution in [3.05, 3.63) is 29.8 Å². The Morgan fingerprint density at radius 3 is 2.85 bits per heavy atom. The third kappa shape index (κ3) is 2.83. The van der Waals surface area contributed by atoms with E-state index in [1.807, 2.05) is 24.3 Å². The highest BCUT2D eigenvalue weighted by molar-refractivity contribution is 5.82. The molecule has 104 valence electrons. The number of H-pyrrole nitrogens is 1. The Bertz CT molecular complexity index is 559. The van der Waals surface area contributed by atoms with E-state index in [0.717, 1.165) is 30.5 Å². The Morgan fingerprint density at radius 2 is 2.20 bits per heavy atom. The van der Waals surface area contributed by atoms with Crippen LogP contribution in [0.3, 0.4) is 0 Å². The van der Waals surface area contributed by atoms with Crippen molar-refractivity contribution in [2.24, 2.45) is 0 Å². The number of carbonyl (C=O) groups is 1. The summed E-state index contributed by atoms with van der Waals surface area (Å²) in [5.41, 5.74) is 1.94. The summed E-state index contributed by atoms with van der Waals surface area (Å²) in [5, 5.41) is 19.9.